The molecule has 0 aliphatic rings. The van der Waals surface area contributed by atoms with Crippen molar-refractivity contribution in [2.75, 3.05) is 19.4 Å². The fourth-order valence-electron chi connectivity index (χ4n) is 3.19. The van der Waals surface area contributed by atoms with Crippen LogP contribution in [0.4, 0.5) is 5.69 Å². The van der Waals surface area contributed by atoms with Crippen molar-refractivity contribution in [1.82, 2.24) is 29.3 Å². The van der Waals surface area contributed by atoms with Gasteiger partial charge in [-0.3, -0.25) is 4.79 Å². The van der Waals surface area contributed by atoms with Gasteiger partial charge in [-0.05, 0) is 36.4 Å². The minimum absolute atomic E-state index is 0.152. The highest BCUT2D eigenvalue weighted by atomic mass is 32.2. The smallest absolute Gasteiger partial charge is 0.242 e. The van der Waals surface area contributed by atoms with Crippen LogP contribution in [0.5, 0.6) is 0 Å². The number of fused-ring (bicyclic) bond motifs is 2. The second-order valence-electron chi connectivity index (χ2n) is 7.10. The van der Waals surface area contributed by atoms with E-state index in [4.69, 9.17) is 0 Å². The van der Waals surface area contributed by atoms with Crippen molar-refractivity contribution >= 4 is 43.7 Å². The van der Waals surface area contributed by atoms with Crippen LogP contribution in [0.1, 0.15) is 12.2 Å². The van der Waals surface area contributed by atoms with Crippen molar-refractivity contribution in [3.8, 4) is 0 Å². The largest absolute Gasteiger partial charge is 0.331 e. The number of carbonyl (C=O) groups is 1. The van der Waals surface area contributed by atoms with Crippen molar-refractivity contribution in [1.29, 1.82) is 0 Å². The van der Waals surface area contributed by atoms with Crippen molar-refractivity contribution in [2.24, 2.45) is 7.05 Å². The molecule has 10 nitrogen and oxygen atoms in total. The molecule has 0 aliphatic carbocycles. The normalized spacial score (nSPS) is 12.1. The average molecular weight is 427 g/mol. The number of anilines is 1. The monoisotopic (exact) mass is 427 g/mol. The topological polar surface area (TPSA) is 126 Å². The summed E-state index contributed by atoms with van der Waals surface area (Å²) in [5.41, 5.74) is 3.42. The number of aromatic nitrogens is 5. The molecule has 11 heteroatoms. The molecule has 30 heavy (non-hydrogen) atoms. The van der Waals surface area contributed by atoms with Gasteiger partial charge in [0.15, 0.2) is 0 Å². The molecule has 0 aliphatic heterocycles. The van der Waals surface area contributed by atoms with E-state index in [9.17, 15) is 13.2 Å². The van der Waals surface area contributed by atoms with Crippen LogP contribution in [0.25, 0.3) is 22.1 Å². The quantitative estimate of drug-likeness (QED) is 0.482. The van der Waals surface area contributed by atoms with Crippen LogP contribution in [-0.2, 0) is 28.3 Å². The first-order chi connectivity index (χ1) is 14.3. The van der Waals surface area contributed by atoms with Gasteiger partial charge in [0, 0.05) is 39.7 Å². The molecule has 0 spiro atoms. The van der Waals surface area contributed by atoms with Crippen LogP contribution in [0.3, 0.4) is 0 Å². The number of sulfonamides is 1. The molecule has 0 saturated carbocycles. The Bertz CT molecular complexity index is 1360. The lowest BCUT2D eigenvalue weighted by Crippen LogP contribution is -2.22. The van der Waals surface area contributed by atoms with Crippen molar-refractivity contribution in [2.45, 2.75) is 17.7 Å². The number of aryl methyl sites for hydroxylation is 2. The summed E-state index contributed by atoms with van der Waals surface area (Å²) in [4.78, 5) is 17.1. The highest BCUT2D eigenvalue weighted by Gasteiger charge is 2.19. The maximum Gasteiger partial charge on any atom is 0.242 e. The van der Waals surface area contributed by atoms with Crippen LogP contribution < -0.4 is 5.32 Å². The van der Waals surface area contributed by atoms with Gasteiger partial charge in [-0.1, -0.05) is 0 Å². The number of hydrogen-bond acceptors (Lipinski definition) is 6. The lowest BCUT2D eigenvalue weighted by molar-refractivity contribution is -0.116. The standard InChI is InChI=1S/C19H21N7O3S/c1-25(2)30(28,29)13-5-7-17-16(11-13)21-18(26(17)3)8-9-19(27)20-12-4-6-14-15(10-12)23-24-22-14/h4-7,10-11H,8-9H2,1-3H3,(H,20,27)(H,22,23,24). The Labute approximate surface area is 172 Å². The van der Waals surface area contributed by atoms with Gasteiger partial charge in [-0.15, -0.1) is 0 Å². The Morgan fingerprint density at radius 3 is 2.63 bits per heavy atom. The first-order valence-corrected chi connectivity index (χ1v) is 10.7. The Morgan fingerprint density at radius 1 is 1.10 bits per heavy atom. The summed E-state index contributed by atoms with van der Waals surface area (Å²) in [6.45, 7) is 0. The first-order valence-electron chi connectivity index (χ1n) is 9.24. The Hall–Kier alpha value is -3.31. The van der Waals surface area contributed by atoms with Crippen LogP contribution in [-0.4, -0.2) is 57.7 Å². The van der Waals surface area contributed by atoms with Crippen LogP contribution in [0, 0.1) is 0 Å². The number of amides is 1. The van der Waals surface area contributed by atoms with E-state index >= 15 is 0 Å². The number of nitrogens with one attached hydrogen (secondary N) is 2. The molecule has 2 N–H and O–H groups in total. The molecule has 2 aromatic carbocycles. The maximum absolute atomic E-state index is 12.4. The highest BCUT2D eigenvalue weighted by Crippen LogP contribution is 2.22. The Balaban J connectivity index is 1.49. The van der Waals surface area contributed by atoms with E-state index in [2.05, 4.69) is 25.7 Å². The molecule has 156 valence electrons. The molecule has 2 heterocycles. The fraction of sp³-hybridized carbons (Fsp3) is 0.263. The molecule has 0 atom stereocenters. The van der Waals surface area contributed by atoms with Gasteiger partial charge in [-0.25, -0.2) is 17.7 Å². The second kappa shape index (κ2) is 7.50. The van der Waals surface area contributed by atoms with Gasteiger partial charge >= 0.3 is 0 Å². The lowest BCUT2D eigenvalue weighted by Gasteiger charge is -2.10. The molecule has 0 fully saturated rings. The lowest BCUT2D eigenvalue weighted by atomic mass is 10.2. The maximum atomic E-state index is 12.4. The average Bonchev–Trinajstić information content (AvgIpc) is 3.30. The van der Waals surface area contributed by atoms with Crippen LogP contribution in [0.15, 0.2) is 41.3 Å². The number of nitrogens with zero attached hydrogens (tertiary/aromatic N) is 5. The van der Waals surface area contributed by atoms with E-state index in [0.717, 1.165) is 11.0 Å². The summed E-state index contributed by atoms with van der Waals surface area (Å²) in [5.74, 6) is 0.548. The third-order valence-corrected chi connectivity index (χ3v) is 6.71. The third kappa shape index (κ3) is 3.64. The minimum atomic E-state index is -3.54. The molecule has 1 amide bonds. The molecular weight excluding hydrogens is 406 g/mol. The number of aromatic amines is 1. The first kappa shape index (κ1) is 20.0. The van der Waals surface area contributed by atoms with E-state index in [1.807, 2.05) is 11.6 Å². The van der Waals surface area contributed by atoms with Gasteiger partial charge in [0.25, 0.3) is 0 Å². The summed E-state index contributed by atoms with van der Waals surface area (Å²) in [6, 6.07) is 10.1. The number of rotatable bonds is 6. The predicted molar refractivity (Wildman–Crippen MR) is 112 cm³/mol. The molecule has 0 bridgehead atoms. The number of benzene rings is 2. The zero-order chi connectivity index (χ0) is 21.5. The van der Waals surface area contributed by atoms with Gasteiger partial charge < -0.3 is 9.88 Å². The summed E-state index contributed by atoms with van der Waals surface area (Å²) in [7, 11) is 1.29. The van der Waals surface area contributed by atoms with Crippen LogP contribution >= 0.6 is 0 Å². The Morgan fingerprint density at radius 2 is 1.87 bits per heavy atom. The van der Waals surface area contributed by atoms with E-state index in [1.165, 1.54) is 18.4 Å². The van der Waals surface area contributed by atoms with E-state index in [1.54, 1.807) is 36.4 Å². The zero-order valence-electron chi connectivity index (χ0n) is 16.7. The minimum Gasteiger partial charge on any atom is -0.331 e. The van der Waals surface area contributed by atoms with Gasteiger partial charge in [0.05, 0.1) is 15.9 Å². The third-order valence-electron chi connectivity index (χ3n) is 4.90. The molecule has 0 radical (unpaired) electrons. The second-order valence-corrected chi connectivity index (χ2v) is 9.25. The summed E-state index contributed by atoms with van der Waals surface area (Å²) >= 11 is 0. The zero-order valence-corrected chi connectivity index (χ0v) is 17.6. The van der Waals surface area contributed by atoms with Crippen molar-refractivity contribution < 1.29 is 13.2 Å². The van der Waals surface area contributed by atoms with Gasteiger partial charge in [0.2, 0.25) is 15.9 Å². The number of carbonyl (C=O) groups excluding carboxylic acids is 1. The Kier molecular flexibility index (Phi) is 5.00. The van der Waals surface area contributed by atoms with Crippen molar-refractivity contribution in [3.63, 3.8) is 0 Å². The number of imidazole rings is 1. The summed E-state index contributed by atoms with van der Waals surface area (Å²) < 4.78 is 27.7. The molecule has 4 rings (SSSR count). The van der Waals surface area contributed by atoms with E-state index in [0.29, 0.717) is 29.0 Å². The van der Waals surface area contributed by atoms with E-state index in [-0.39, 0.29) is 17.2 Å². The highest BCUT2D eigenvalue weighted by molar-refractivity contribution is 7.89. The molecule has 4 aromatic rings. The van der Waals surface area contributed by atoms with Crippen molar-refractivity contribution in [3.05, 3.63) is 42.2 Å². The summed E-state index contributed by atoms with van der Waals surface area (Å²) in [6.07, 6.45) is 0.649. The molecule has 0 unspecified atom stereocenters. The molecule has 2 aromatic heterocycles. The van der Waals surface area contributed by atoms with E-state index < -0.39 is 10.0 Å². The molecular formula is C19H21N7O3S. The van der Waals surface area contributed by atoms with Gasteiger partial charge in [0.1, 0.15) is 16.9 Å². The predicted octanol–water partition coefficient (Wildman–Crippen LogP) is 1.67. The number of H-pyrrole nitrogens is 1. The summed E-state index contributed by atoms with van der Waals surface area (Å²) in [5, 5.41) is 13.4. The number of hydrogen-bond donors (Lipinski definition) is 2. The van der Waals surface area contributed by atoms with Crippen LogP contribution in [0.2, 0.25) is 0 Å². The molecule has 0 saturated heterocycles. The fourth-order valence-corrected chi connectivity index (χ4v) is 4.11. The SMILES string of the molecule is CN(C)S(=O)(=O)c1ccc2c(c1)nc(CCC(=O)Nc1ccc3n[nH]nc3c1)n2C. The van der Waals surface area contributed by atoms with Gasteiger partial charge in [-0.2, -0.15) is 15.4 Å².